The summed E-state index contributed by atoms with van der Waals surface area (Å²) in [7, 11) is 4.12. The first kappa shape index (κ1) is 17.4. The molecule has 132 valence electrons. The first-order chi connectivity index (χ1) is 11.6. The summed E-state index contributed by atoms with van der Waals surface area (Å²) in [5, 5.41) is 9.21. The maximum Gasteiger partial charge on any atom is 0.253 e. The van der Waals surface area contributed by atoms with Crippen molar-refractivity contribution >= 4 is 5.91 Å². The van der Waals surface area contributed by atoms with Gasteiger partial charge < -0.3 is 14.9 Å². The van der Waals surface area contributed by atoms with Crippen molar-refractivity contribution in [1.82, 2.24) is 14.7 Å². The van der Waals surface area contributed by atoms with E-state index >= 15 is 0 Å². The van der Waals surface area contributed by atoms with Crippen molar-refractivity contribution in [1.29, 1.82) is 0 Å². The fourth-order valence-electron chi connectivity index (χ4n) is 3.47. The Morgan fingerprint density at radius 1 is 1.17 bits per heavy atom. The van der Waals surface area contributed by atoms with Crippen LogP contribution < -0.4 is 0 Å². The number of nitrogens with zero attached hydrogens (tertiary/aromatic N) is 3. The van der Waals surface area contributed by atoms with Gasteiger partial charge in [-0.3, -0.25) is 9.69 Å². The molecule has 2 saturated heterocycles. The minimum Gasteiger partial charge on any atom is -0.396 e. The van der Waals surface area contributed by atoms with E-state index in [0.29, 0.717) is 18.6 Å². The van der Waals surface area contributed by atoms with E-state index in [1.54, 1.807) is 0 Å². The highest BCUT2D eigenvalue weighted by atomic mass is 16.3. The molecule has 0 spiro atoms. The molecule has 5 heteroatoms. The van der Waals surface area contributed by atoms with Gasteiger partial charge in [0.2, 0.25) is 0 Å². The summed E-state index contributed by atoms with van der Waals surface area (Å²) in [6.45, 7) is 4.99. The average Bonchev–Trinajstić information content (AvgIpc) is 2.54. The van der Waals surface area contributed by atoms with Gasteiger partial charge in [0.1, 0.15) is 0 Å². The quantitative estimate of drug-likeness (QED) is 0.883. The van der Waals surface area contributed by atoms with Crippen LogP contribution in [-0.4, -0.2) is 78.6 Å². The van der Waals surface area contributed by atoms with Crippen LogP contribution in [0.15, 0.2) is 24.3 Å². The normalized spacial score (nSPS) is 20.4. The summed E-state index contributed by atoms with van der Waals surface area (Å²) in [5.74, 6) is 0.618. The molecule has 1 N–H and O–H groups in total. The molecular weight excluding hydrogens is 302 g/mol. The zero-order valence-electron chi connectivity index (χ0n) is 14.8. The summed E-state index contributed by atoms with van der Waals surface area (Å²) >= 11 is 0. The molecule has 0 saturated carbocycles. The third kappa shape index (κ3) is 3.97. The van der Waals surface area contributed by atoms with Crippen LogP contribution in [0.5, 0.6) is 0 Å². The van der Waals surface area contributed by atoms with Crippen molar-refractivity contribution in [2.45, 2.75) is 25.4 Å². The molecule has 0 bridgehead atoms. The smallest absolute Gasteiger partial charge is 0.253 e. The van der Waals surface area contributed by atoms with E-state index in [-0.39, 0.29) is 5.91 Å². The van der Waals surface area contributed by atoms with Crippen molar-refractivity contribution < 1.29 is 9.90 Å². The van der Waals surface area contributed by atoms with Gasteiger partial charge in [0.05, 0.1) is 0 Å². The van der Waals surface area contributed by atoms with Gasteiger partial charge in [-0.2, -0.15) is 0 Å². The van der Waals surface area contributed by atoms with Gasteiger partial charge in [-0.1, -0.05) is 12.1 Å². The number of carbonyl (C=O) groups excluding carboxylic acids is 1. The minimum atomic E-state index is 0.142. The molecule has 0 atom stereocenters. The lowest BCUT2D eigenvalue weighted by molar-refractivity contribution is 0.0399. The van der Waals surface area contributed by atoms with E-state index in [9.17, 15) is 9.90 Å². The van der Waals surface area contributed by atoms with Crippen LogP contribution >= 0.6 is 0 Å². The van der Waals surface area contributed by atoms with E-state index in [1.807, 2.05) is 17.0 Å². The predicted octanol–water partition coefficient (Wildman–Crippen LogP) is 1.28. The summed E-state index contributed by atoms with van der Waals surface area (Å²) in [6.07, 6.45) is 2.16. The van der Waals surface area contributed by atoms with Gasteiger partial charge in [0.15, 0.2) is 0 Å². The van der Waals surface area contributed by atoms with Crippen LogP contribution in [0.2, 0.25) is 0 Å². The Labute approximate surface area is 144 Å². The number of hydrogen-bond acceptors (Lipinski definition) is 4. The number of likely N-dealkylation sites (N-methyl/N-ethyl adjacent to an activating group) is 1. The Kier molecular flexibility index (Phi) is 5.54. The molecule has 0 aromatic heterocycles. The molecule has 1 aromatic carbocycles. The van der Waals surface area contributed by atoms with E-state index in [0.717, 1.165) is 51.1 Å². The molecule has 0 unspecified atom stereocenters. The Hall–Kier alpha value is -1.43. The SMILES string of the molecule is CN(C)C1CN(C(=O)c2ccc(CN3CCC(CO)CC3)cc2)C1. The average molecular weight is 331 g/mol. The third-order valence-electron chi connectivity index (χ3n) is 5.45. The van der Waals surface area contributed by atoms with Crippen molar-refractivity contribution in [2.75, 3.05) is 46.9 Å². The van der Waals surface area contributed by atoms with Gasteiger partial charge in [-0.05, 0) is 63.6 Å². The lowest BCUT2D eigenvalue weighted by Crippen LogP contribution is -2.59. The first-order valence-corrected chi connectivity index (χ1v) is 8.94. The second kappa shape index (κ2) is 7.64. The van der Waals surface area contributed by atoms with Crippen LogP contribution in [0.4, 0.5) is 0 Å². The monoisotopic (exact) mass is 331 g/mol. The van der Waals surface area contributed by atoms with Crippen molar-refractivity contribution in [3.05, 3.63) is 35.4 Å². The molecule has 1 aromatic rings. The Morgan fingerprint density at radius 2 is 1.79 bits per heavy atom. The molecule has 3 rings (SSSR count). The number of aliphatic hydroxyl groups excluding tert-OH is 1. The highest BCUT2D eigenvalue weighted by Crippen LogP contribution is 2.20. The van der Waals surface area contributed by atoms with Gasteiger partial charge in [-0.15, -0.1) is 0 Å². The topological polar surface area (TPSA) is 47.0 Å². The van der Waals surface area contributed by atoms with Crippen molar-refractivity contribution in [3.8, 4) is 0 Å². The minimum absolute atomic E-state index is 0.142. The molecule has 1 amide bonds. The molecule has 0 aliphatic carbocycles. The second-order valence-electron chi connectivity index (χ2n) is 7.43. The Bertz CT molecular complexity index is 544. The number of rotatable bonds is 5. The van der Waals surface area contributed by atoms with E-state index in [2.05, 4.69) is 36.0 Å². The maximum absolute atomic E-state index is 12.4. The maximum atomic E-state index is 12.4. The van der Waals surface area contributed by atoms with E-state index in [1.165, 1.54) is 5.56 Å². The zero-order chi connectivity index (χ0) is 17.1. The molecule has 0 radical (unpaired) electrons. The lowest BCUT2D eigenvalue weighted by Gasteiger charge is -2.42. The standard InChI is InChI=1S/C19H29N3O2/c1-20(2)18-12-22(13-18)19(24)17-5-3-15(4-6-17)11-21-9-7-16(14-23)8-10-21/h3-6,16,18,23H,7-14H2,1-2H3. The first-order valence-electron chi connectivity index (χ1n) is 8.94. The van der Waals surface area contributed by atoms with Crippen LogP contribution in [0, 0.1) is 5.92 Å². The second-order valence-corrected chi connectivity index (χ2v) is 7.43. The fraction of sp³-hybridized carbons (Fsp3) is 0.632. The fourth-order valence-corrected chi connectivity index (χ4v) is 3.47. The van der Waals surface area contributed by atoms with Crippen LogP contribution in [0.25, 0.3) is 0 Å². The molecule has 24 heavy (non-hydrogen) atoms. The third-order valence-corrected chi connectivity index (χ3v) is 5.45. The summed E-state index contributed by atoms with van der Waals surface area (Å²) < 4.78 is 0. The van der Waals surface area contributed by atoms with E-state index < -0.39 is 0 Å². The molecule has 5 nitrogen and oxygen atoms in total. The number of carbonyl (C=O) groups is 1. The van der Waals surface area contributed by atoms with Crippen LogP contribution in [0.1, 0.15) is 28.8 Å². The largest absolute Gasteiger partial charge is 0.396 e. The van der Waals surface area contributed by atoms with Gasteiger partial charge in [0, 0.05) is 37.8 Å². The van der Waals surface area contributed by atoms with Crippen molar-refractivity contribution in [2.24, 2.45) is 5.92 Å². The number of amides is 1. The van der Waals surface area contributed by atoms with Crippen LogP contribution in [-0.2, 0) is 6.54 Å². The van der Waals surface area contributed by atoms with Gasteiger partial charge in [-0.25, -0.2) is 0 Å². The predicted molar refractivity (Wildman–Crippen MR) is 94.9 cm³/mol. The summed E-state index contributed by atoms with van der Waals surface area (Å²) in [5.41, 5.74) is 2.04. The molecule has 2 aliphatic heterocycles. The molecule has 2 fully saturated rings. The lowest BCUT2D eigenvalue weighted by atomic mass is 9.97. The van der Waals surface area contributed by atoms with Crippen molar-refractivity contribution in [3.63, 3.8) is 0 Å². The number of piperidine rings is 1. The highest BCUT2D eigenvalue weighted by Gasteiger charge is 2.32. The van der Waals surface area contributed by atoms with Gasteiger partial charge >= 0.3 is 0 Å². The molecule has 2 heterocycles. The molecular formula is C19H29N3O2. The van der Waals surface area contributed by atoms with Crippen LogP contribution in [0.3, 0.4) is 0 Å². The summed E-state index contributed by atoms with van der Waals surface area (Å²) in [6, 6.07) is 8.57. The number of likely N-dealkylation sites (tertiary alicyclic amines) is 2. The number of hydrogen-bond donors (Lipinski definition) is 1. The number of benzene rings is 1. The Morgan fingerprint density at radius 3 is 2.33 bits per heavy atom. The molecule has 2 aliphatic rings. The van der Waals surface area contributed by atoms with Gasteiger partial charge in [0.25, 0.3) is 5.91 Å². The summed E-state index contributed by atoms with van der Waals surface area (Å²) in [4.78, 5) is 19.0. The zero-order valence-corrected chi connectivity index (χ0v) is 14.8. The Balaban J connectivity index is 1.50. The highest BCUT2D eigenvalue weighted by molar-refractivity contribution is 5.94. The van der Waals surface area contributed by atoms with E-state index in [4.69, 9.17) is 0 Å². The number of aliphatic hydroxyl groups is 1.